The lowest BCUT2D eigenvalue weighted by Gasteiger charge is -2.31. The van der Waals surface area contributed by atoms with E-state index in [1.807, 2.05) is 17.0 Å². The minimum atomic E-state index is 0.0945. The highest BCUT2D eigenvalue weighted by Crippen LogP contribution is 2.32. The maximum absolute atomic E-state index is 12.6. The van der Waals surface area contributed by atoms with E-state index in [1.54, 1.807) is 6.08 Å². The number of benzene rings is 2. The highest BCUT2D eigenvalue weighted by molar-refractivity contribution is 5.91. The largest absolute Gasteiger partial charge is 0.454 e. The second-order valence-corrected chi connectivity index (χ2v) is 9.15. The first kappa shape index (κ1) is 20.5. The van der Waals surface area contributed by atoms with Crippen molar-refractivity contribution in [2.75, 3.05) is 33.0 Å². The number of carbonyl (C=O) groups excluding carboxylic acids is 1. The van der Waals surface area contributed by atoms with Crippen LogP contribution >= 0.6 is 0 Å². The Morgan fingerprint density at radius 3 is 2.43 bits per heavy atom. The maximum Gasteiger partial charge on any atom is 0.246 e. The molecule has 2 aromatic carbocycles. The van der Waals surface area contributed by atoms with Crippen LogP contribution in [0.15, 0.2) is 48.5 Å². The van der Waals surface area contributed by atoms with Crippen LogP contribution in [0.5, 0.6) is 11.5 Å². The molecule has 1 saturated heterocycles. The number of fused-ring (bicyclic) bond motifs is 1. The molecule has 1 fully saturated rings. The summed E-state index contributed by atoms with van der Waals surface area (Å²) in [5, 5.41) is 0. The number of rotatable bonds is 4. The molecule has 2 heterocycles. The molecule has 158 valence electrons. The molecule has 30 heavy (non-hydrogen) atoms. The number of hydrogen-bond donors (Lipinski definition) is 1. The van der Waals surface area contributed by atoms with Gasteiger partial charge < -0.3 is 19.3 Å². The zero-order valence-corrected chi connectivity index (χ0v) is 18.1. The summed E-state index contributed by atoms with van der Waals surface area (Å²) < 4.78 is 10.9. The van der Waals surface area contributed by atoms with Crippen molar-refractivity contribution in [1.82, 2.24) is 4.90 Å². The molecule has 0 aliphatic carbocycles. The van der Waals surface area contributed by atoms with Crippen LogP contribution in [0.1, 0.15) is 37.5 Å². The number of amides is 1. The molecule has 0 spiro atoms. The van der Waals surface area contributed by atoms with Crippen LogP contribution in [0.2, 0.25) is 0 Å². The van der Waals surface area contributed by atoms with Crippen LogP contribution < -0.4 is 14.4 Å². The first-order chi connectivity index (χ1) is 14.4. The Morgan fingerprint density at radius 2 is 1.73 bits per heavy atom. The Kier molecular flexibility index (Phi) is 5.82. The summed E-state index contributed by atoms with van der Waals surface area (Å²) in [6.07, 6.45) is 3.62. The molecule has 2 aliphatic rings. The van der Waals surface area contributed by atoms with Gasteiger partial charge in [-0.05, 0) is 40.8 Å². The standard InChI is InChI=1S/C25H30N2O3/c1-25(2,3)21-8-4-19(5-9-21)7-11-24(28)27-14-12-26(13-15-27)17-20-6-10-22-23(16-20)30-18-29-22/h4-11,16H,12-15,17-18H2,1-3H3/p+1/b11-7+. The number of nitrogens with one attached hydrogen (secondary N) is 1. The van der Waals surface area contributed by atoms with E-state index in [2.05, 4.69) is 57.2 Å². The van der Waals surface area contributed by atoms with Crippen LogP contribution in [0, 0.1) is 0 Å². The summed E-state index contributed by atoms with van der Waals surface area (Å²) in [7, 11) is 0. The quantitative estimate of drug-likeness (QED) is 0.793. The fourth-order valence-electron chi connectivity index (χ4n) is 3.93. The van der Waals surface area contributed by atoms with Crippen molar-refractivity contribution in [3.63, 3.8) is 0 Å². The normalized spacial score (nSPS) is 17.0. The molecule has 5 nitrogen and oxygen atoms in total. The van der Waals surface area contributed by atoms with Gasteiger partial charge in [-0.2, -0.15) is 0 Å². The molecule has 0 radical (unpaired) electrons. The van der Waals surface area contributed by atoms with Gasteiger partial charge in [-0.3, -0.25) is 4.79 Å². The fraction of sp³-hybridized carbons (Fsp3) is 0.400. The van der Waals surface area contributed by atoms with Gasteiger partial charge >= 0.3 is 0 Å². The number of hydrogen-bond acceptors (Lipinski definition) is 3. The van der Waals surface area contributed by atoms with E-state index in [0.29, 0.717) is 6.79 Å². The van der Waals surface area contributed by atoms with Crippen molar-refractivity contribution in [2.24, 2.45) is 0 Å². The summed E-state index contributed by atoms with van der Waals surface area (Å²) in [5.74, 6) is 1.75. The zero-order valence-electron chi connectivity index (χ0n) is 18.1. The van der Waals surface area contributed by atoms with E-state index in [9.17, 15) is 4.79 Å². The molecule has 1 amide bonds. The molecule has 0 saturated carbocycles. The van der Waals surface area contributed by atoms with Crippen LogP contribution in [0.3, 0.4) is 0 Å². The predicted molar refractivity (Wildman–Crippen MR) is 118 cm³/mol. The van der Waals surface area contributed by atoms with Crippen LogP contribution in [-0.4, -0.2) is 43.8 Å². The Labute approximate surface area is 178 Å². The molecule has 2 aliphatic heterocycles. The molecule has 2 aromatic rings. The third-order valence-corrected chi connectivity index (χ3v) is 5.87. The lowest BCUT2D eigenvalue weighted by Crippen LogP contribution is -3.13. The third kappa shape index (κ3) is 4.85. The van der Waals surface area contributed by atoms with Gasteiger partial charge in [0.05, 0.1) is 26.2 Å². The van der Waals surface area contributed by atoms with E-state index < -0.39 is 0 Å². The number of piperazine rings is 1. The lowest BCUT2D eigenvalue weighted by atomic mass is 9.87. The molecule has 4 rings (SSSR count). The van der Waals surface area contributed by atoms with Crippen molar-refractivity contribution in [2.45, 2.75) is 32.7 Å². The first-order valence-electron chi connectivity index (χ1n) is 10.7. The second-order valence-electron chi connectivity index (χ2n) is 9.15. The van der Waals surface area contributed by atoms with E-state index in [4.69, 9.17) is 9.47 Å². The minimum absolute atomic E-state index is 0.0945. The van der Waals surface area contributed by atoms with Gasteiger partial charge in [0, 0.05) is 11.6 Å². The summed E-state index contributed by atoms with van der Waals surface area (Å²) in [6.45, 7) is 11.3. The van der Waals surface area contributed by atoms with Gasteiger partial charge in [-0.1, -0.05) is 45.0 Å². The molecule has 5 heteroatoms. The van der Waals surface area contributed by atoms with E-state index in [0.717, 1.165) is 49.8 Å². The SMILES string of the molecule is CC(C)(C)c1ccc(/C=C/C(=O)N2CC[NH+](Cc3ccc4c(c3)OCO4)CC2)cc1. The van der Waals surface area contributed by atoms with Gasteiger partial charge in [0.15, 0.2) is 11.5 Å². The average molecular weight is 408 g/mol. The fourth-order valence-corrected chi connectivity index (χ4v) is 3.93. The first-order valence-corrected chi connectivity index (χ1v) is 10.7. The maximum atomic E-state index is 12.6. The van der Waals surface area contributed by atoms with Crippen molar-refractivity contribution in [3.05, 3.63) is 65.2 Å². The highest BCUT2D eigenvalue weighted by atomic mass is 16.7. The minimum Gasteiger partial charge on any atom is -0.454 e. The zero-order chi connectivity index (χ0) is 21.1. The molecule has 0 unspecified atom stereocenters. The van der Waals surface area contributed by atoms with Crippen LogP contribution in [-0.2, 0) is 16.8 Å². The summed E-state index contributed by atoms with van der Waals surface area (Å²) in [4.78, 5) is 16.0. The Bertz CT molecular complexity index is 920. The Balaban J connectivity index is 1.27. The number of quaternary nitrogens is 1. The van der Waals surface area contributed by atoms with Gasteiger partial charge in [-0.25, -0.2) is 0 Å². The summed E-state index contributed by atoms with van der Waals surface area (Å²) in [6, 6.07) is 14.6. The molecule has 0 bridgehead atoms. The molecular formula is C25H31N2O3+. The average Bonchev–Trinajstić information content (AvgIpc) is 3.20. The van der Waals surface area contributed by atoms with Gasteiger partial charge in [-0.15, -0.1) is 0 Å². The van der Waals surface area contributed by atoms with Crippen LogP contribution in [0.4, 0.5) is 0 Å². The van der Waals surface area contributed by atoms with Crippen molar-refractivity contribution >= 4 is 12.0 Å². The lowest BCUT2D eigenvalue weighted by molar-refractivity contribution is -0.917. The van der Waals surface area contributed by atoms with Crippen molar-refractivity contribution < 1.29 is 19.2 Å². The Hall–Kier alpha value is -2.79. The van der Waals surface area contributed by atoms with Crippen molar-refractivity contribution in [3.8, 4) is 11.5 Å². The molecular weight excluding hydrogens is 376 g/mol. The predicted octanol–water partition coefficient (Wildman–Crippen LogP) is 2.65. The summed E-state index contributed by atoms with van der Waals surface area (Å²) >= 11 is 0. The van der Waals surface area contributed by atoms with E-state index in [-0.39, 0.29) is 11.3 Å². The highest BCUT2D eigenvalue weighted by Gasteiger charge is 2.23. The smallest absolute Gasteiger partial charge is 0.246 e. The molecule has 1 N–H and O–H groups in total. The van der Waals surface area contributed by atoms with E-state index >= 15 is 0 Å². The molecule has 0 aromatic heterocycles. The number of carbonyl (C=O) groups is 1. The molecule has 0 atom stereocenters. The third-order valence-electron chi connectivity index (χ3n) is 5.87. The van der Waals surface area contributed by atoms with Gasteiger partial charge in [0.2, 0.25) is 12.7 Å². The van der Waals surface area contributed by atoms with Gasteiger partial charge in [0.1, 0.15) is 6.54 Å². The van der Waals surface area contributed by atoms with Gasteiger partial charge in [0.25, 0.3) is 0 Å². The topological polar surface area (TPSA) is 43.2 Å². The van der Waals surface area contributed by atoms with Crippen molar-refractivity contribution in [1.29, 1.82) is 0 Å². The number of ether oxygens (including phenoxy) is 2. The van der Waals surface area contributed by atoms with Crippen LogP contribution in [0.25, 0.3) is 6.08 Å². The second kappa shape index (κ2) is 8.52. The van der Waals surface area contributed by atoms with E-state index in [1.165, 1.54) is 16.0 Å². The Morgan fingerprint density at radius 1 is 1.03 bits per heavy atom. The summed E-state index contributed by atoms with van der Waals surface area (Å²) in [5.41, 5.74) is 3.74. The number of nitrogens with zero attached hydrogens (tertiary/aromatic N) is 1. The monoisotopic (exact) mass is 407 g/mol.